The quantitative estimate of drug-likeness (QED) is 0.259. The normalized spacial score (nSPS) is 12.0. The molecule has 1 aliphatic rings. The molecule has 31 heavy (non-hydrogen) atoms. The maximum absolute atomic E-state index is 12.4. The number of thioether (sulfide) groups is 1. The molecule has 0 fully saturated rings. The second kappa shape index (κ2) is 8.49. The van der Waals surface area contributed by atoms with Crippen LogP contribution in [0.4, 0.5) is 0 Å². The van der Waals surface area contributed by atoms with Crippen LogP contribution >= 0.6 is 11.8 Å². The number of hydrogen-bond donors (Lipinski definition) is 0. The van der Waals surface area contributed by atoms with Gasteiger partial charge in [-0.2, -0.15) is 0 Å². The first-order chi connectivity index (χ1) is 15.3. The molecule has 0 spiro atoms. The second-order valence-electron chi connectivity index (χ2n) is 6.50. The van der Waals surface area contributed by atoms with E-state index in [0.29, 0.717) is 28.2 Å². The number of esters is 1. The zero-order chi connectivity index (χ0) is 21.0. The molecule has 0 amide bonds. The molecule has 9 heteroatoms. The molecular formula is C22H16N4O4S. The molecule has 0 unspecified atom stereocenters. The van der Waals surface area contributed by atoms with Crippen molar-refractivity contribution in [2.45, 2.75) is 5.16 Å². The molecule has 0 radical (unpaired) electrons. The molecular weight excluding hydrogens is 416 g/mol. The fourth-order valence-corrected chi connectivity index (χ4v) is 3.81. The fraction of sp³-hybridized carbons (Fsp3) is 0.0909. The van der Waals surface area contributed by atoms with Gasteiger partial charge >= 0.3 is 5.97 Å². The van der Waals surface area contributed by atoms with Crippen molar-refractivity contribution in [3.63, 3.8) is 0 Å². The summed E-state index contributed by atoms with van der Waals surface area (Å²) in [6.07, 6.45) is 3.43. The maximum atomic E-state index is 12.4. The molecule has 0 atom stereocenters. The summed E-state index contributed by atoms with van der Waals surface area (Å²) in [5.41, 5.74) is 1.71. The lowest BCUT2D eigenvalue weighted by atomic mass is 10.2. The molecule has 154 valence electrons. The van der Waals surface area contributed by atoms with Gasteiger partial charge in [0, 0.05) is 29.7 Å². The number of fused-ring (bicyclic) bond motifs is 1. The van der Waals surface area contributed by atoms with E-state index < -0.39 is 5.97 Å². The SMILES string of the molecule is O=C(CSc1nnc(-c2cccnc2)n1-c1ccccc1)Oc1ccc2c(c1)OCO2. The van der Waals surface area contributed by atoms with Crippen LogP contribution in [0.15, 0.2) is 78.2 Å². The van der Waals surface area contributed by atoms with Gasteiger partial charge in [-0.05, 0) is 36.4 Å². The minimum Gasteiger partial charge on any atom is -0.454 e. The number of aromatic nitrogens is 4. The lowest BCUT2D eigenvalue weighted by Gasteiger charge is -2.10. The Labute approximate surface area is 181 Å². The van der Waals surface area contributed by atoms with Gasteiger partial charge in [0.15, 0.2) is 22.5 Å². The van der Waals surface area contributed by atoms with Gasteiger partial charge in [-0.15, -0.1) is 10.2 Å². The number of benzene rings is 2. The lowest BCUT2D eigenvalue weighted by molar-refractivity contribution is -0.131. The Morgan fingerprint density at radius 1 is 1.03 bits per heavy atom. The van der Waals surface area contributed by atoms with E-state index in [1.54, 1.807) is 30.6 Å². The van der Waals surface area contributed by atoms with Crippen molar-refractivity contribution in [3.8, 4) is 34.3 Å². The summed E-state index contributed by atoms with van der Waals surface area (Å²) < 4.78 is 17.9. The van der Waals surface area contributed by atoms with Crippen molar-refractivity contribution < 1.29 is 19.0 Å². The van der Waals surface area contributed by atoms with E-state index in [9.17, 15) is 4.79 Å². The number of para-hydroxylation sites is 1. The minimum absolute atomic E-state index is 0.0620. The Kier molecular flexibility index (Phi) is 5.24. The van der Waals surface area contributed by atoms with Crippen LogP contribution in [0, 0.1) is 0 Å². The molecule has 5 rings (SSSR count). The van der Waals surface area contributed by atoms with Gasteiger partial charge in [-0.1, -0.05) is 30.0 Å². The first kappa shape index (κ1) is 19.1. The zero-order valence-electron chi connectivity index (χ0n) is 16.2. The molecule has 0 aliphatic carbocycles. The molecule has 2 aromatic heterocycles. The summed E-state index contributed by atoms with van der Waals surface area (Å²) in [7, 11) is 0. The number of rotatable bonds is 6. The van der Waals surface area contributed by atoms with E-state index >= 15 is 0 Å². The van der Waals surface area contributed by atoms with Crippen molar-refractivity contribution in [2.75, 3.05) is 12.5 Å². The molecule has 1 aliphatic heterocycles. The van der Waals surface area contributed by atoms with Gasteiger partial charge in [0.1, 0.15) is 5.75 Å². The van der Waals surface area contributed by atoms with Crippen LogP contribution in [0.3, 0.4) is 0 Å². The average molecular weight is 432 g/mol. The molecule has 3 heterocycles. The fourth-order valence-electron chi connectivity index (χ4n) is 3.08. The highest BCUT2D eigenvalue weighted by Gasteiger charge is 2.19. The van der Waals surface area contributed by atoms with Crippen LogP contribution in [0.2, 0.25) is 0 Å². The van der Waals surface area contributed by atoms with Gasteiger partial charge < -0.3 is 14.2 Å². The zero-order valence-corrected chi connectivity index (χ0v) is 17.0. The molecule has 4 aromatic rings. The van der Waals surface area contributed by atoms with Gasteiger partial charge in [-0.3, -0.25) is 14.3 Å². The Morgan fingerprint density at radius 3 is 2.74 bits per heavy atom. The summed E-state index contributed by atoms with van der Waals surface area (Å²) in [6.45, 7) is 0.164. The first-order valence-corrected chi connectivity index (χ1v) is 10.4. The minimum atomic E-state index is -0.408. The summed E-state index contributed by atoms with van der Waals surface area (Å²) in [5, 5.41) is 9.21. The highest BCUT2D eigenvalue weighted by molar-refractivity contribution is 7.99. The van der Waals surface area contributed by atoms with Crippen molar-refractivity contribution in [2.24, 2.45) is 0 Å². The lowest BCUT2D eigenvalue weighted by Crippen LogP contribution is -2.11. The monoisotopic (exact) mass is 432 g/mol. The third kappa shape index (κ3) is 4.08. The Morgan fingerprint density at radius 2 is 1.90 bits per heavy atom. The van der Waals surface area contributed by atoms with E-state index in [0.717, 1.165) is 11.3 Å². The number of hydrogen-bond acceptors (Lipinski definition) is 8. The van der Waals surface area contributed by atoms with Crippen LogP contribution in [0.25, 0.3) is 17.1 Å². The van der Waals surface area contributed by atoms with E-state index in [1.807, 2.05) is 47.0 Å². The molecule has 0 N–H and O–H groups in total. The number of ether oxygens (including phenoxy) is 3. The molecule has 0 saturated carbocycles. The van der Waals surface area contributed by atoms with Crippen LogP contribution < -0.4 is 14.2 Å². The van der Waals surface area contributed by atoms with E-state index in [1.165, 1.54) is 11.8 Å². The van der Waals surface area contributed by atoms with Crippen molar-refractivity contribution in [1.82, 2.24) is 19.7 Å². The van der Waals surface area contributed by atoms with Crippen molar-refractivity contribution >= 4 is 17.7 Å². The third-order valence-corrected chi connectivity index (χ3v) is 5.36. The van der Waals surface area contributed by atoms with E-state index in [-0.39, 0.29) is 12.5 Å². The topological polar surface area (TPSA) is 88.4 Å². The maximum Gasteiger partial charge on any atom is 0.321 e. The predicted octanol–water partition coefficient (Wildman–Crippen LogP) is 3.76. The van der Waals surface area contributed by atoms with Crippen LogP contribution in [0.5, 0.6) is 17.2 Å². The predicted molar refractivity (Wildman–Crippen MR) is 114 cm³/mol. The van der Waals surface area contributed by atoms with Crippen LogP contribution in [0.1, 0.15) is 0 Å². The molecule has 2 aromatic carbocycles. The van der Waals surface area contributed by atoms with Crippen LogP contribution in [-0.4, -0.2) is 38.3 Å². The Bertz CT molecular complexity index is 1210. The molecule has 8 nitrogen and oxygen atoms in total. The summed E-state index contributed by atoms with van der Waals surface area (Å²) in [6, 6.07) is 18.5. The van der Waals surface area contributed by atoms with Crippen molar-refractivity contribution in [3.05, 3.63) is 73.1 Å². The number of carbonyl (C=O) groups excluding carboxylic acids is 1. The standard InChI is InChI=1S/C22H16N4O4S/c27-20(30-17-8-9-18-19(11-17)29-14-28-18)13-31-22-25-24-21(15-5-4-10-23-12-15)26(22)16-6-2-1-3-7-16/h1-12H,13-14H2. The first-order valence-electron chi connectivity index (χ1n) is 9.42. The highest BCUT2D eigenvalue weighted by Crippen LogP contribution is 2.35. The largest absolute Gasteiger partial charge is 0.454 e. The van der Waals surface area contributed by atoms with Gasteiger partial charge in [0.05, 0.1) is 5.75 Å². The van der Waals surface area contributed by atoms with Gasteiger partial charge in [0.2, 0.25) is 6.79 Å². The van der Waals surface area contributed by atoms with E-state index in [4.69, 9.17) is 14.2 Å². The molecule has 0 saturated heterocycles. The third-order valence-electron chi connectivity index (χ3n) is 4.46. The summed E-state index contributed by atoms with van der Waals surface area (Å²) in [5.74, 6) is 1.89. The van der Waals surface area contributed by atoms with Crippen LogP contribution in [-0.2, 0) is 4.79 Å². The second-order valence-corrected chi connectivity index (χ2v) is 7.44. The van der Waals surface area contributed by atoms with Crippen molar-refractivity contribution in [1.29, 1.82) is 0 Å². The Hall–Kier alpha value is -3.85. The smallest absolute Gasteiger partial charge is 0.321 e. The summed E-state index contributed by atoms with van der Waals surface area (Å²) in [4.78, 5) is 16.6. The number of nitrogens with zero attached hydrogens (tertiary/aromatic N) is 4. The molecule has 0 bridgehead atoms. The number of pyridine rings is 1. The highest BCUT2D eigenvalue weighted by atomic mass is 32.2. The van der Waals surface area contributed by atoms with E-state index in [2.05, 4.69) is 15.2 Å². The van der Waals surface area contributed by atoms with Gasteiger partial charge in [-0.25, -0.2) is 0 Å². The van der Waals surface area contributed by atoms with Gasteiger partial charge in [0.25, 0.3) is 0 Å². The number of carbonyl (C=O) groups is 1. The average Bonchev–Trinajstić information content (AvgIpc) is 3.45. The summed E-state index contributed by atoms with van der Waals surface area (Å²) >= 11 is 1.25. The Balaban J connectivity index is 1.35.